The maximum Gasteiger partial charge on any atom is 0.254 e. The minimum Gasteiger partial charge on any atom is -0.354 e. The molecular formula is C21H23BrN4O3. The van der Waals surface area contributed by atoms with Crippen LogP contribution in [0.4, 0.5) is 0 Å². The Morgan fingerprint density at radius 2 is 1.79 bits per heavy atom. The fraction of sp³-hybridized carbons (Fsp3) is 0.333. The average Bonchev–Trinajstić information content (AvgIpc) is 3.23. The van der Waals surface area contributed by atoms with E-state index in [1.54, 1.807) is 29.4 Å². The molecular weight excluding hydrogens is 436 g/mol. The predicted molar refractivity (Wildman–Crippen MR) is 112 cm³/mol. The number of pyridine rings is 1. The van der Waals surface area contributed by atoms with Gasteiger partial charge in [-0.25, -0.2) is 0 Å². The Balaban J connectivity index is 1.45. The second kappa shape index (κ2) is 10.2. The zero-order valence-electron chi connectivity index (χ0n) is 15.9. The number of rotatable bonds is 7. The molecule has 1 aromatic heterocycles. The molecule has 0 aliphatic carbocycles. The molecule has 7 nitrogen and oxygen atoms in total. The van der Waals surface area contributed by atoms with Gasteiger partial charge in [0.2, 0.25) is 11.8 Å². The Labute approximate surface area is 178 Å². The summed E-state index contributed by atoms with van der Waals surface area (Å²) in [6, 6.07) is 10.3. The molecule has 1 atom stereocenters. The van der Waals surface area contributed by atoms with Gasteiger partial charge in [0.05, 0.1) is 0 Å². The first-order chi connectivity index (χ1) is 14.0. The van der Waals surface area contributed by atoms with Crippen LogP contribution < -0.4 is 10.6 Å². The van der Waals surface area contributed by atoms with Crippen LogP contribution in [0, 0.1) is 0 Å². The van der Waals surface area contributed by atoms with Gasteiger partial charge in [-0.1, -0.05) is 15.9 Å². The van der Waals surface area contributed by atoms with E-state index in [0.717, 1.165) is 16.5 Å². The van der Waals surface area contributed by atoms with Gasteiger partial charge in [0.25, 0.3) is 5.91 Å². The minimum atomic E-state index is -0.494. The zero-order chi connectivity index (χ0) is 20.6. The van der Waals surface area contributed by atoms with E-state index in [1.807, 2.05) is 24.3 Å². The van der Waals surface area contributed by atoms with E-state index < -0.39 is 6.04 Å². The molecule has 3 amide bonds. The third kappa shape index (κ3) is 5.87. The Hall–Kier alpha value is -2.74. The topological polar surface area (TPSA) is 91.4 Å². The number of carbonyl (C=O) groups is 3. The van der Waals surface area contributed by atoms with Crippen molar-refractivity contribution in [2.24, 2.45) is 0 Å². The van der Waals surface area contributed by atoms with Crippen molar-refractivity contribution >= 4 is 33.7 Å². The minimum absolute atomic E-state index is 0.142. The predicted octanol–water partition coefficient (Wildman–Crippen LogP) is 2.27. The van der Waals surface area contributed by atoms with E-state index in [-0.39, 0.29) is 30.7 Å². The standard InChI is InChI=1S/C21H23BrN4O3/c22-17-5-3-16(4-6-17)21(29)26-13-1-2-18(26)20(28)24-12-9-19(27)25-14-15-7-10-23-11-8-15/h3-8,10-11,18H,1-2,9,12-14H2,(H,24,28)(H,25,27). The number of aromatic nitrogens is 1. The van der Waals surface area contributed by atoms with Crippen molar-refractivity contribution in [3.63, 3.8) is 0 Å². The first-order valence-electron chi connectivity index (χ1n) is 9.54. The summed E-state index contributed by atoms with van der Waals surface area (Å²) in [6.07, 6.45) is 4.94. The van der Waals surface area contributed by atoms with Gasteiger partial charge in [0.1, 0.15) is 6.04 Å². The number of nitrogens with one attached hydrogen (secondary N) is 2. The van der Waals surface area contributed by atoms with Crippen LogP contribution in [-0.4, -0.2) is 46.7 Å². The van der Waals surface area contributed by atoms with Crippen molar-refractivity contribution in [2.45, 2.75) is 31.8 Å². The molecule has 0 radical (unpaired) electrons. The molecule has 1 aliphatic rings. The summed E-state index contributed by atoms with van der Waals surface area (Å²) in [5, 5.41) is 5.60. The molecule has 29 heavy (non-hydrogen) atoms. The Bertz CT molecular complexity index is 858. The van der Waals surface area contributed by atoms with E-state index in [4.69, 9.17) is 0 Å². The SMILES string of the molecule is O=C(CCNC(=O)C1CCCN1C(=O)c1ccc(Br)cc1)NCc1ccncc1. The van der Waals surface area contributed by atoms with Gasteiger partial charge in [-0.3, -0.25) is 19.4 Å². The molecule has 8 heteroatoms. The second-order valence-corrected chi connectivity index (χ2v) is 7.75. The number of carbonyl (C=O) groups excluding carboxylic acids is 3. The lowest BCUT2D eigenvalue weighted by Gasteiger charge is -2.24. The molecule has 152 valence electrons. The quantitative estimate of drug-likeness (QED) is 0.665. The van der Waals surface area contributed by atoms with Gasteiger partial charge in [0.15, 0.2) is 0 Å². The molecule has 2 heterocycles. The summed E-state index contributed by atoms with van der Waals surface area (Å²) >= 11 is 3.35. The van der Waals surface area contributed by atoms with Crippen molar-refractivity contribution in [2.75, 3.05) is 13.1 Å². The Kier molecular flexibility index (Phi) is 7.35. The number of nitrogens with zero attached hydrogens (tertiary/aromatic N) is 2. The highest BCUT2D eigenvalue weighted by Gasteiger charge is 2.34. The molecule has 1 unspecified atom stereocenters. The molecule has 2 N–H and O–H groups in total. The molecule has 1 saturated heterocycles. The third-order valence-corrected chi connectivity index (χ3v) is 5.33. The van der Waals surface area contributed by atoms with Crippen LogP contribution in [0.25, 0.3) is 0 Å². The zero-order valence-corrected chi connectivity index (χ0v) is 17.5. The summed E-state index contributed by atoms with van der Waals surface area (Å²) in [7, 11) is 0. The maximum absolute atomic E-state index is 12.7. The summed E-state index contributed by atoms with van der Waals surface area (Å²) in [5.74, 6) is -0.503. The fourth-order valence-corrected chi connectivity index (χ4v) is 3.51. The van der Waals surface area contributed by atoms with E-state index in [9.17, 15) is 14.4 Å². The number of likely N-dealkylation sites (tertiary alicyclic amines) is 1. The third-order valence-electron chi connectivity index (χ3n) is 4.80. The van der Waals surface area contributed by atoms with Gasteiger partial charge < -0.3 is 15.5 Å². The van der Waals surface area contributed by atoms with Gasteiger partial charge in [-0.2, -0.15) is 0 Å². The molecule has 1 fully saturated rings. The van der Waals surface area contributed by atoms with Crippen LogP contribution in [0.1, 0.15) is 35.2 Å². The highest BCUT2D eigenvalue weighted by Crippen LogP contribution is 2.21. The smallest absolute Gasteiger partial charge is 0.254 e. The van der Waals surface area contributed by atoms with Crippen LogP contribution in [0.2, 0.25) is 0 Å². The van der Waals surface area contributed by atoms with E-state index in [0.29, 0.717) is 25.1 Å². The number of halogens is 1. The van der Waals surface area contributed by atoms with E-state index >= 15 is 0 Å². The molecule has 0 spiro atoms. The largest absolute Gasteiger partial charge is 0.354 e. The lowest BCUT2D eigenvalue weighted by atomic mass is 10.1. The molecule has 0 bridgehead atoms. The van der Waals surface area contributed by atoms with Crippen LogP contribution >= 0.6 is 15.9 Å². The van der Waals surface area contributed by atoms with Crippen LogP contribution in [-0.2, 0) is 16.1 Å². The highest BCUT2D eigenvalue weighted by molar-refractivity contribution is 9.10. The molecule has 3 rings (SSSR count). The average molecular weight is 459 g/mol. The molecule has 0 saturated carbocycles. The van der Waals surface area contributed by atoms with Crippen molar-refractivity contribution in [1.29, 1.82) is 0 Å². The van der Waals surface area contributed by atoms with Crippen molar-refractivity contribution in [1.82, 2.24) is 20.5 Å². The highest BCUT2D eigenvalue weighted by atomic mass is 79.9. The van der Waals surface area contributed by atoms with Crippen molar-refractivity contribution in [3.8, 4) is 0 Å². The number of amides is 3. The van der Waals surface area contributed by atoms with E-state index in [1.165, 1.54) is 0 Å². The molecule has 2 aromatic rings. The first kappa shape index (κ1) is 21.0. The van der Waals surface area contributed by atoms with Gasteiger partial charge in [0, 0.05) is 48.5 Å². The Morgan fingerprint density at radius 3 is 2.52 bits per heavy atom. The monoisotopic (exact) mass is 458 g/mol. The molecule has 1 aliphatic heterocycles. The fourth-order valence-electron chi connectivity index (χ4n) is 3.25. The maximum atomic E-state index is 12.7. The van der Waals surface area contributed by atoms with Crippen LogP contribution in [0.5, 0.6) is 0 Å². The lowest BCUT2D eigenvalue weighted by molar-refractivity contribution is -0.125. The lowest BCUT2D eigenvalue weighted by Crippen LogP contribution is -2.46. The van der Waals surface area contributed by atoms with Gasteiger partial charge in [-0.15, -0.1) is 0 Å². The summed E-state index contributed by atoms with van der Waals surface area (Å²) < 4.78 is 0.895. The summed E-state index contributed by atoms with van der Waals surface area (Å²) in [6.45, 7) is 1.21. The van der Waals surface area contributed by atoms with Crippen LogP contribution in [0.15, 0.2) is 53.3 Å². The summed E-state index contributed by atoms with van der Waals surface area (Å²) in [5.41, 5.74) is 1.52. The number of benzene rings is 1. The van der Waals surface area contributed by atoms with Gasteiger partial charge in [-0.05, 0) is 54.8 Å². The summed E-state index contributed by atoms with van der Waals surface area (Å²) in [4.78, 5) is 42.8. The van der Waals surface area contributed by atoms with Gasteiger partial charge >= 0.3 is 0 Å². The normalized spacial score (nSPS) is 15.8. The molecule has 1 aromatic carbocycles. The van der Waals surface area contributed by atoms with Crippen molar-refractivity contribution in [3.05, 3.63) is 64.4 Å². The van der Waals surface area contributed by atoms with E-state index in [2.05, 4.69) is 31.5 Å². The first-order valence-corrected chi connectivity index (χ1v) is 10.3. The second-order valence-electron chi connectivity index (χ2n) is 6.84. The van der Waals surface area contributed by atoms with Crippen molar-refractivity contribution < 1.29 is 14.4 Å². The Morgan fingerprint density at radius 1 is 1.07 bits per heavy atom. The number of hydrogen-bond acceptors (Lipinski definition) is 4. The van der Waals surface area contributed by atoms with Crippen LogP contribution in [0.3, 0.4) is 0 Å². The number of hydrogen-bond donors (Lipinski definition) is 2.